The molecule has 1 rings (SSSR count). The molecule has 1 heterocycles. The second-order valence-electron chi connectivity index (χ2n) is 3.52. The van der Waals surface area contributed by atoms with E-state index in [-0.39, 0.29) is 11.2 Å². The van der Waals surface area contributed by atoms with E-state index in [1.165, 1.54) is 0 Å². The normalized spacial score (nSPS) is 25.8. The minimum absolute atomic E-state index is 0.102. The zero-order valence-corrected chi connectivity index (χ0v) is 9.36. The van der Waals surface area contributed by atoms with Crippen LogP contribution in [0.3, 0.4) is 0 Å². The quantitative estimate of drug-likeness (QED) is 0.710. The van der Waals surface area contributed by atoms with Gasteiger partial charge in [-0.2, -0.15) is 11.8 Å². The minimum Gasteiger partial charge on any atom is -0.339 e. The summed E-state index contributed by atoms with van der Waals surface area (Å²) >= 11 is 1.62. The lowest BCUT2D eigenvalue weighted by Gasteiger charge is -2.33. The Hall–Kier alpha value is -0.220. The number of hydrogen-bond acceptors (Lipinski definition) is 3. The molecule has 1 aliphatic rings. The molecule has 1 amide bonds. The monoisotopic (exact) mass is 202 g/mol. The van der Waals surface area contributed by atoms with Crippen molar-refractivity contribution in [1.82, 2.24) is 10.2 Å². The summed E-state index contributed by atoms with van der Waals surface area (Å²) in [5.41, 5.74) is 0. The van der Waals surface area contributed by atoms with E-state index in [9.17, 15) is 4.79 Å². The van der Waals surface area contributed by atoms with Crippen molar-refractivity contribution in [2.24, 2.45) is 0 Å². The molecule has 0 aliphatic carbocycles. The number of nitrogens with zero attached hydrogens (tertiary/aromatic N) is 1. The molecule has 3 nitrogen and oxygen atoms in total. The molecule has 0 spiro atoms. The zero-order chi connectivity index (χ0) is 9.84. The molecule has 1 saturated heterocycles. The first kappa shape index (κ1) is 10.9. The van der Waals surface area contributed by atoms with Crippen molar-refractivity contribution in [1.29, 1.82) is 0 Å². The van der Waals surface area contributed by atoms with E-state index in [0.29, 0.717) is 6.04 Å². The van der Waals surface area contributed by atoms with Crippen LogP contribution in [0.1, 0.15) is 13.8 Å². The molecule has 0 radical (unpaired) electrons. The molecule has 1 N–H and O–H groups in total. The van der Waals surface area contributed by atoms with E-state index in [1.807, 2.05) is 18.1 Å². The van der Waals surface area contributed by atoms with Gasteiger partial charge >= 0.3 is 0 Å². The Balaban J connectivity index is 2.46. The van der Waals surface area contributed by atoms with Gasteiger partial charge in [-0.3, -0.25) is 4.79 Å². The minimum atomic E-state index is 0.102. The van der Waals surface area contributed by atoms with Gasteiger partial charge in [-0.1, -0.05) is 0 Å². The standard InChI is InChI=1S/C9H18N2OS/c1-7-6-11(5-4-10-7)9(12)8(2)13-3/h7-8,10H,4-6H2,1-3H3/t7-,8?/m1/s1. The molecule has 1 unspecified atom stereocenters. The van der Waals surface area contributed by atoms with Crippen LogP contribution in [0.4, 0.5) is 0 Å². The van der Waals surface area contributed by atoms with E-state index in [4.69, 9.17) is 0 Å². The first-order valence-electron chi connectivity index (χ1n) is 4.70. The number of amides is 1. The van der Waals surface area contributed by atoms with Crippen LogP contribution in [0.15, 0.2) is 0 Å². The van der Waals surface area contributed by atoms with Crippen molar-refractivity contribution in [2.45, 2.75) is 25.1 Å². The van der Waals surface area contributed by atoms with Crippen molar-refractivity contribution < 1.29 is 4.79 Å². The maximum absolute atomic E-state index is 11.8. The van der Waals surface area contributed by atoms with Crippen molar-refractivity contribution in [3.63, 3.8) is 0 Å². The van der Waals surface area contributed by atoms with E-state index in [0.717, 1.165) is 19.6 Å². The Morgan fingerprint density at radius 3 is 2.92 bits per heavy atom. The summed E-state index contributed by atoms with van der Waals surface area (Å²) in [6.45, 7) is 6.72. The van der Waals surface area contributed by atoms with Crippen LogP contribution in [0.25, 0.3) is 0 Å². The van der Waals surface area contributed by atoms with Crippen LogP contribution in [0.2, 0.25) is 0 Å². The van der Waals surface area contributed by atoms with Gasteiger partial charge in [0.1, 0.15) is 0 Å². The number of nitrogens with one attached hydrogen (secondary N) is 1. The van der Waals surface area contributed by atoms with Crippen molar-refractivity contribution in [3.8, 4) is 0 Å². The fraction of sp³-hybridized carbons (Fsp3) is 0.889. The van der Waals surface area contributed by atoms with Crippen LogP contribution in [0.5, 0.6) is 0 Å². The molecule has 0 aromatic heterocycles. The van der Waals surface area contributed by atoms with E-state index in [1.54, 1.807) is 11.8 Å². The molecule has 2 atom stereocenters. The number of piperazine rings is 1. The lowest BCUT2D eigenvalue weighted by atomic mass is 10.2. The van der Waals surface area contributed by atoms with Gasteiger partial charge in [0.05, 0.1) is 5.25 Å². The molecule has 4 heteroatoms. The molecule has 0 bridgehead atoms. The molecular formula is C9H18N2OS. The second kappa shape index (κ2) is 4.86. The summed E-state index contributed by atoms with van der Waals surface area (Å²) in [4.78, 5) is 13.7. The van der Waals surface area contributed by atoms with Gasteiger partial charge < -0.3 is 10.2 Å². The fourth-order valence-corrected chi connectivity index (χ4v) is 1.84. The molecule has 1 fully saturated rings. The highest BCUT2D eigenvalue weighted by Crippen LogP contribution is 2.10. The topological polar surface area (TPSA) is 32.3 Å². The molecule has 1 aliphatic heterocycles. The Kier molecular flexibility index (Phi) is 4.06. The number of rotatable bonds is 2. The Morgan fingerprint density at radius 2 is 2.38 bits per heavy atom. The largest absolute Gasteiger partial charge is 0.339 e. The van der Waals surface area contributed by atoms with Gasteiger partial charge in [0, 0.05) is 25.7 Å². The van der Waals surface area contributed by atoms with Crippen molar-refractivity contribution >= 4 is 17.7 Å². The first-order valence-corrected chi connectivity index (χ1v) is 5.99. The lowest BCUT2D eigenvalue weighted by Crippen LogP contribution is -2.53. The highest BCUT2D eigenvalue weighted by molar-refractivity contribution is 7.99. The molecule has 0 saturated carbocycles. The predicted molar refractivity (Wildman–Crippen MR) is 57.0 cm³/mol. The molecular weight excluding hydrogens is 184 g/mol. The first-order chi connectivity index (χ1) is 6.15. The SMILES string of the molecule is CSC(C)C(=O)N1CCN[C@H](C)C1. The van der Waals surface area contributed by atoms with E-state index in [2.05, 4.69) is 12.2 Å². The smallest absolute Gasteiger partial charge is 0.235 e. The van der Waals surface area contributed by atoms with Crippen LogP contribution in [-0.4, -0.2) is 48.0 Å². The van der Waals surface area contributed by atoms with Crippen LogP contribution in [-0.2, 0) is 4.79 Å². The van der Waals surface area contributed by atoms with Gasteiger partial charge in [-0.25, -0.2) is 0 Å². The summed E-state index contributed by atoms with van der Waals surface area (Å²) in [5, 5.41) is 3.43. The van der Waals surface area contributed by atoms with Gasteiger partial charge in [0.2, 0.25) is 5.91 Å². The summed E-state index contributed by atoms with van der Waals surface area (Å²) in [6, 6.07) is 0.437. The summed E-state index contributed by atoms with van der Waals surface area (Å²) in [7, 11) is 0. The third-order valence-corrected chi connectivity index (χ3v) is 3.29. The summed E-state index contributed by atoms with van der Waals surface area (Å²) < 4.78 is 0. The van der Waals surface area contributed by atoms with Gasteiger partial charge in [-0.15, -0.1) is 0 Å². The predicted octanol–water partition coefficient (Wildman–Crippen LogP) is 0.558. The fourth-order valence-electron chi connectivity index (χ4n) is 1.49. The lowest BCUT2D eigenvalue weighted by molar-refractivity contribution is -0.131. The number of carbonyl (C=O) groups is 1. The summed E-state index contributed by atoms with van der Waals surface area (Å²) in [6.07, 6.45) is 1.98. The van der Waals surface area contributed by atoms with Crippen LogP contribution in [0, 0.1) is 0 Å². The van der Waals surface area contributed by atoms with E-state index < -0.39 is 0 Å². The highest BCUT2D eigenvalue weighted by Gasteiger charge is 2.23. The van der Waals surface area contributed by atoms with Gasteiger partial charge in [0.25, 0.3) is 0 Å². The van der Waals surface area contributed by atoms with Crippen LogP contribution < -0.4 is 5.32 Å². The maximum atomic E-state index is 11.8. The Bertz CT molecular complexity index is 186. The average Bonchev–Trinajstić information content (AvgIpc) is 2.15. The number of thioether (sulfide) groups is 1. The van der Waals surface area contributed by atoms with E-state index >= 15 is 0 Å². The number of carbonyl (C=O) groups excluding carboxylic acids is 1. The maximum Gasteiger partial charge on any atom is 0.235 e. The Labute approximate surface area is 84.2 Å². The molecule has 13 heavy (non-hydrogen) atoms. The molecule has 0 aromatic rings. The third kappa shape index (κ3) is 2.88. The highest BCUT2D eigenvalue weighted by atomic mass is 32.2. The van der Waals surface area contributed by atoms with Crippen molar-refractivity contribution in [3.05, 3.63) is 0 Å². The van der Waals surface area contributed by atoms with Crippen molar-refractivity contribution in [2.75, 3.05) is 25.9 Å². The molecule has 0 aromatic carbocycles. The zero-order valence-electron chi connectivity index (χ0n) is 8.54. The van der Waals surface area contributed by atoms with Crippen LogP contribution >= 0.6 is 11.8 Å². The van der Waals surface area contributed by atoms with Gasteiger partial charge in [-0.05, 0) is 20.1 Å². The van der Waals surface area contributed by atoms with Gasteiger partial charge in [0.15, 0.2) is 0 Å². The summed E-state index contributed by atoms with van der Waals surface area (Å²) in [5.74, 6) is 0.279. The number of hydrogen-bond donors (Lipinski definition) is 1. The third-order valence-electron chi connectivity index (χ3n) is 2.38. The molecule has 76 valence electrons. The average molecular weight is 202 g/mol. The Morgan fingerprint density at radius 1 is 1.69 bits per heavy atom. The second-order valence-corrected chi connectivity index (χ2v) is 4.70.